The van der Waals surface area contributed by atoms with Gasteiger partial charge >= 0.3 is 0 Å². The highest BCUT2D eigenvalue weighted by Crippen LogP contribution is 2.14. The molecule has 0 radical (unpaired) electrons. The molecule has 86 valence electrons. The molecule has 2 aromatic heterocycles. The summed E-state index contributed by atoms with van der Waals surface area (Å²) in [7, 11) is 0. The van der Waals surface area contributed by atoms with Crippen molar-refractivity contribution in [1.29, 1.82) is 0 Å². The van der Waals surface area contributed by atoms with Gasteiger partial charge in [0.05, 0.1) is 6.42 Å². The van der Waals surface area contributed by atoms with Crippen molar-refractivity contribution in [2.24, 2.45) is 5.73 Å². The van der Waals surface area contributed by atoms with Crippen molar-refractivity contribution in [1.82, 2.24) is 15.1 Å². The second kappa shape index (κ2) is 4.69. The van der Waals surface area contributed by atoms with Crippen LogP contribution in [-0.4, -0.2) is 26.8 Å². The van der Waals surface area contributed by atoms with Crippen molar-refractivity contribution in [3.8, 4) is 0 Å². The summed E-state index contributed by atoms with van der Waals surface area (Å²) >= 11 is 1.55. The largest absolute Gasteiger partial charge is 0.382 e. The minimum absolute atomic E-state index is 0.0675. The number of aryl methyl sites for hydroxylation is 1. The molecular formula is C9H12N4O2S. The quantitative estimate of drug-likeness (QED) is 0.803. The van der Waals surface area contributed by atoms with E-state index in [1.54, 1.807) is 11.3 Å². The van der Waals surface area contributed by atoms with Gasteiger partial charge in [0.15, 0.2) is 5.82 Å². The molecule has 0 saturated heterocycles. The van der Waals surface area contributed by atoms with Crippen molar-refractivity contribution in [2.75, 3.05) is 6.54 Å². The van der Waals surface area contributed by atoms with Crippen LogP contribution in [0.5, 0.6) is 0 Å². The van der Waals surface area contributed by atoms with E-state index < -0.39 is 6.10 Å². The topological polar surface area (TPSA) is 98.1 Å². The molecule has 2 rings (SSSR count). The lowest BCUT2D eigenvalue weighted by Gasteiger charge is -1.97. The molecule has 3 N–H and O–H groups in total. The number of hydrogen-bond donors (Lipinski definition) is 2. The highest BCUT2D eigenvalue weighted by Gasteiger charge is 2.15. The van der Waals surface area contributed by atoms with Crippen molar-refractivity contribution in [3.05, 3.63) is 27.8 Å². The van der Waals surface area contributed by atoms with Crippen LogP contribution in [0.25, 0.3) is 0 Å². The molecule has 0 bridgehead atoms. The zero-order valence-electron chi connectivity index (χ0n) is 8.75. The van der Waals surface area contributed by atoms with Crippen LogP contribution in [0.15, 0.2) is 9.90 Å². The molecule has 0 saturated carbocycles. The zero-order chi connectivity index (χ0) is 11.5. The average molecular weight is 240 g/mol. The van der Waals surface area contributed by atoms with E-state index in [2.05, 4.69) is 15.1 Å². The second-order valence-electron chi connectivity index (χ2n) is 3.36. The van der Waals surface area contributed by atoms with Gasteiger partial charge < -0.3 is 15.4 Å². The van der Waals surface area contributed by atoms with Gasteiger partial charge in [0.25, 0.3) is 5.89 Å². The molecule has 0 aliphatic rings. The number of nitrogens with zero attached hydrogens (tertiary/aromatic N) is 3. The first-order chi connectivity index (χ1) is 7.69. The molecule has 0 aliphatic carbocycles. The summed E-state index contributed by atoms with van der Waals surface area (Å²) < 4.78 is 4.88. The van der Waals surface area contributed by atoms with E-state index >= 15 is 0 Å². The average Bonchev–Trinajstić information content (AvgIpc) is 2.87. The number of aromatic nitrogens is 3. The molecule has 6 nitrogen and oxygen atoms in total. The summed E-state index contributed by atoms with van der Waals surface area (Å²) in [5, 5.41) is 16.0. The van der Waals surface area contributed by atoms with Gasteiger partial charge in [0.2, 0.25) is 0 Å². The first-order valence-corrected chi connectivity index (χ1v) is 5.68. The van der Waals surface area contributed by atoms with E-state index in [1.165, 1.54) is 0 Å². The third-order valence-electron chi connectivity index (χ3n) is 1.97. The minimum Gasteiger partial charge on any atom is -0.382 e. The van der Waals surface area contributed by atoms with Gasteiger partial charge in [-0.1, -0.05) is 5.16 Å². The summed E-state index contributed by atoms with van der Waals surface area (Å²) in [6.07, 6.45) is -0.376. The Labute approximate surface area is 96.1 Å². The molecule has 0 spiro atoms. The highest BCUT2D eigenvalue weighted by atomic mass is 32.1. The molecule has 0 unspecified atom stereocenters. The van der Waals surface area contributed by atoms with Crippen molar-refractivity contribution in [2.45, 2.75) is 19.4 Å². The first kappa shape index (κ1) is 11.2. The molecule has 2 heterocycles. The number of aliphatic hydroxyl groups excluding tert-OH is 1. The van der Waals surface area contributed by atoms with Crippen molar-refractivity contribution >= 4 is 11.3 Å². The normalized spacial score (nSPS) is 12.9. The minimum atomic E-state index is -0.890. The smallest absolute Gasteiger partial charge is 0.256 e. The van der Waals surface area contributed by atoms with Gasteiger partial charge in [-0.15, -0.1) is 11.3 Å². The standard InChI is InChI=1S/C9H12N4O2S/c1-5-4-16-8(11-5)2-7-12-9(15-13-7)6(14)3-10/h4,6,14H,2-3,10H2,1H3/t6-/m0/s1. The molecule has 16 heavy (non-hydrogen) atoms. The Morgan fingerprint density at radius 2 is 2.38 bits per heavy atom. The van der Waals surface area contributed by atoms with Crippen LogP contribution >= 0.6 is 11.3 Å². The molecule has 0 amide bonds. The summed E-state index contributed by atoms with van der Waals surface area (Å²) in [5.41, 5.74) is 6.26. The Morgan fingerprint density at radius 1 is 1.56 bits per heavy atom. The molecule has 0 aromatic carbocycles. The first-order valence-electron chi connectivity index (χ1n) is 4.80. The highest BCUT2D eigenvalue weighted by molar-refractivity contribution is 7.09. The molecule has 1 atom stereocenters. The maximum absolute atomic E-state index is 9.38. The van der Waals surface area contributed by atoms with Crippen molar-refractivity contribution in [3.63, 3.8) is 0 Å². The lowest BCUT2D eigenvalue weighted by Crippen LogP contribution is -2.11. The second-order valence-corrected chi connectivity index (χ2v) is 4.30. The number of thiazole rings is 1. The van der Waals surface area contributed by atoms with E-state index in [4.69, 9.17) is 10.3 Å². The van der Waals surface area contributed by atoms with E-state index in [0.29, 0.717) is 12.2 Å². The fraction of sp³-hybridized carbons (Fsp3) is 0.444. The van der Waals surface area contributed by atoms with Gasteiger partial charge in [-0.3, -0.25) is 0 Å². The Bertz CT molecular complexity index is 468. The molecule has 7 heteroatoms. The Hall–Kier alpha value is -1.31. The lowest BCUT2D eigenvalue weighted by atomic mass is 10.3. The summed E-state index contributed by atoms with van der Waals surface area (Å²) in [6, 6.07) is 0. The van der Waals surface area contributed by atoms with Gasteiger partial charge in [-0.2, -0.15) is 4.98 Å². The lowest BCUT2D eigenvalue weighted by molar-refractivity contribution is 0.141. The van der Waals surface area contributed by atoms with Crippen LogP contribution in [0.3, 0.4) is 0 Å². The third-order valence-corrected chi connectivity index (χ3v) is 2.93. The predicted octanol–water partition coefficient (Wildman–Crippen LogP) is 0.417. The summed E-state index contributed by atoms with van der Waals surface area (Å²) in [4.78, 5) is 8.33. The predicted molar refractivity (Wildman–Crippen MR) is 58.0 cm³/mol. The molecule has 2 aromatic rings. The van der Waals surface area contributed by atoms with Crippen molar-refractivity contribution < 1.29 is 9.63 Å². The van der Waals surface area contributed by atoms with E-state index in [9.17, 15) is 5.11 Å². The SMILES string of the molecule is Cc1csc(Cc2noc([C@@H](O)CN)n2)n1. The van der Waals surface area contributed by atoms with Gasteiger partial charge in [-0.25, -0.2) is 4.98 Å². The Balaban J connectivity index is 2.08. The maximum atomic E-state index is 9.38. The Kier molecular flexibility index (Phi) is 3.28. The third kappa shape index (κ3) is 2.43. The van der Waals surface area contributed by atoms with Crippen LogP contribution in [-0.2, 0) is 6.42 Å². The number of rotatable bonds is 4. The monoisotopic (exact) mass is 240 g/mol. The van der Waals surface area contributed by atoms with E-state index in [-0.39, 0.29) is 12.4 Å². The number of nitrogens with two attached hydrogens (primary N) is 1. The molecule has 0 fully saturated rings. The van der Waals surface area contributed by atoms with Crippen LogP contribution in [0.4, 0.5) is 0 Å². The van der Waals surface area contributed by atoms with Crippen LogP contribution in [0.1, 0.15) is 28.5 Å². The molecular weight excluding hydrogens is 228 g/mol. The van der Waals surface area contributed by atoms with E-state index in [0.717, 1.165) is 10.7 Å². The van der Waals surface area contributed by atoms with Gasteiger partial charge in [-0.05, 0) is 6.92 Å². The van der Waals surface area contributed by atoms with Crippen LogP contribution in [0, 0.1) is 6.92 Å². The number of aliphatic hydroxyl groups is 1. The Morgan fingerprint density at radius 3 is 3.00 bits per heavy atom. The van der Waals surface area contributed by atoms with E-state index in [1.807, 2.05) is 12.3 Å². The molecule has 0 aliphatic heterocycles. The van der Waals surface area contributed by atoms with Crippen LogP contribution in [0.2, 0.25) is 0 Å². The zero-order valence-corrected chi connectivity index (χ0v) is 9.57. The fourth-order valence-corrected chi connectivity index (χ4v) is 1.96. The van der Waals surface area contributed by atoms with Gasteiger partial charge in [0, 0.05) is 17.6 Å². The van der Waals surface area contributed by atoms with Gasteiger partial charge in [0.1, 0.15) is 11.1 Å². The maximum Gasteiger partial charge on any atom is 0.256 e. The van der Waals surface area contributed by atoms with Crippen LogP contribution < -0.4 is 5.73 Å². The summed E-state index contributed by atoms with van der Waals surface area (Å²) in [6.45, 7) is 2.00. The number of hydrogen-bond acceptors (Lipinski definition) is 7. The fourth-order valence-electron chi connectivity index (χ4n) is 1.19. The summed E-state index contributed by atoms with van der Waals surface area (Å²) in [5.74, 6) is 0.669.